The fraction of sp³-hybridized carbons (Fsp3) is 0.158. The molecule has 8 nitrogen and oxygen atoms in total. The van der Waals surface area contributed by atoms with Gasteiger partial charge < -0.3 is 9.05 Å². The Balaban J connectivity index is 1.47. The maximum Gasteiger partial charge on any atom is 0.242 e. The van der Waals surface area contributed by atoms with E-state index >= 15 is 0 Å². The largest absolute Gasteiger partial charge is 0.338 e. The number of hydrogen-bond donors (Lipinski definition) is 0. The first-order valence-corrected chi connectivity index (χ1v) is 10.8. The van der Waals surface area contributed by atoms with Crippen LogP contribution in [0.5, 0.6) is 0 Å². The van der Waals surface area contributed by atoms with Crippen LogP contribution in [0.1, 0.15) is 17.3 Å². The van der Waals surface area contributed by atoms with Crippen LogP contribution >= 0.6 is 11.6 Å². The van der Waals surface area contributed by atoms with Crippen molar-refractivity contribution in [2.75, 3.05) is 0 Å². The molecule has 0 N–H and O–H groups in total. The van der Waals surface area contributed by atoms with Gasteiger partial charge in [-0.15, -0.1) is 0 Å². The first-order valence-electron chi connectivity index (χ1n) is 8.56. The Labute approximate surface area is 171 Å². The molecule has 4 aromatic rings. The Kier molecular flexibility index (Phi) is 5.16. The number of halogens is 1. The molecule has 2 aromatic carbocycles. The zero-order chi connectivity index (χ0) is 20.4. The highest BCUT2D eigenvalue weighted by Crippen LogP contribution is 2.21. The van der Waals surface area contributed by atoms with Crippen LogP contribution in [0.3, 0.4) is 0 Å². The summed E-state index contributed by atoms with van der Waals surface area (Å²) in [5.41, 5.74) is 2.46. The molecule has 29 heavy (non-hydrogen) atoms. The summed E-state index contributed by atoms with van der Waals surface area (Å²) in [4.78, 5) is 8.31. The summed E-state index contributed by atoms with van der Waals surface area (Å²) in [5, 5.41) is 8.24. The molecule has 0 saturated carbocycles. The van der Waals surface area contributed by atoms with Crippen molar-refractivity contribution >= 4 is 21.4 Å². The van der Waals surface area contributed by atoms with Gasteiger partial charge in [0.15, 0.2) is 9.84 Å². The first-order chi connectivity index (χ1) is 13.9. The Morgan fingerprint density at radius 3 is 2.03 bits per heavy atom. The molecule has 4 rings (SSSR count). The molecule has 0 fully saturated rings. The summed E-state index contributed by atoms with van der Waals surface area (Å²) in [6, 6.07) is 14.3. The second kappa shape index (κ2) is 7.76. The third-order valence-electron chi connectivity index (χ3n) is 4.00. The predicted octanol–water partition coefficient (Wildman–Crippen LogP) is 3.86. The molecule has 0 spiro atoms. The van der Waals surface area contributed by atoms with Gasteiger partial charge in [-0.1, -0.05) is 45.7 Å². The van der Waals surface area contributed by atoms with Crippen molar-refractivity contribution in [2.24, 2.45) is 0 Å². The zero-order valence-corrected chi connectivity index (χ0v) is 16.8. The van der Waals surface area contributed by atoms with Crippen molar-refractivity contribution < 1.29 is 17.5 Å². The Bertz CT molecular complexity index is 1250. The average Bonchev–Trinajstić information content (AvgIpc) is 3.31. The molecule has 0 atom stereocenters. The van der Waals surface area contributed by atoms with Crippen molar-refractivity contribution in [1.82, 2.24) is 20.3 Å². The van der Waals surface area contributed by atoms with Gasteiger partial charge in [0, 0.05) is 16.1 Å². The third kappa shape index (κ3) is 4.69. The van der Waals surface area contributed by atoms with E-state index in [1.165, 1.54) is 0 Å². The third-order valence-corrected chi connectivity index (χ3v) is 5.63. The lowest BCUT2D eigenvalue weighted by molar-refractivity contribution is 0.384. The van der Waals surface area contributed by atoms with Gasteiger partial charge >= 0.3 is 0 Å². The lowest BCUT2D eigenvalue weighted by Gasteiger charge is -1.97. The SMILES string of the molecule is Cc1cccc(-c2noc(CS(=O)(=O)Cc3nc(-c4ccc(Cl)cc4)no3)n2)c1. The van der Waals surface area contributed by atoms with Gasteiger partial charge in [-0.05, 0) is 37.3 Å². The molecule has 0 saturated heterocycles. The quantitative estimate of drug-likeness (QED) is 0.453. The summed E-state index contributed by atoms with van der Waals surface area (Å²) < 4.78 is 35.1. The van der Waals surface area contributed by atoms with E-state index in [9.17, 15) is 8.42 Å². The van der Waals surface area contributed by atoms with E-state index in [4.69, 9.17) is 20.6 Å². The number of nitrogens with zero attached hydrogens (tertiary/aromatic N) is 4. The van der Waals surface area contributed by atoms with E-state index in [1.54, 1.807) is 24.3 Å². The Morgan fingerprint density at radius 2 is 1.45 bits per heavy atom. The number of benzene rings is 2. The van der Waals surface area contributed by atoms with Gasteiger partial charge in [-0.25, -0.2) is 8.42 Å². The summed E-state index contributed by atoms with van der Waals surface area (Å²) in [7, 11) is -3.65. The monoisotopic (exact) mass is 430 g/mol. The van der Waals surface area contributed by atoms with E-state index < -0.39 is 21.3 Å². The van der Waals surface area contributed by atoms with Crippen LogP contribution in [-0.2, 0) is 21.3 Å². The van der Waals surface area contributed by atoms with Crippen LogP contribution in [0, 0.1) is 6.92 Å². The molecular formula is C19H15ClN4O4S. The maximum atomic E-state index is 12.5. The number of aryl methyl sites for hydroxylation is 1. The fourth-order valence-corrected chi connectivity index (χ4v) is 3.89. The molecule has 10 heteroatoms. The predicted molar refractivity (Wildman–Crippen MR) is 106 cm³/mol. The second-order valence-corrected chi connectivity index (χ2v) is 8.93. The topological polar surface area (TPSA) is 112 Å². The van der Waals surface area contributed by atoms with Gasteiger partial charge in [-0.2, -0.15) is 9.97 Å². The number of hydrogen-bond acceptors (Lipinski definition) is 8. The highest BCUT2D eigenvalue weighted by atomic mass is 35.5. The van der Waals surface area contributed by atoms with Gasteiger partial charge in [0.25, 0.3) is 0 Å². The summed E-state index contributed by atoms with van der Waals surface area (Å²) >= 11 is 5.85. The van der Waals surface area contributed by atoms with Crippen LogP contribution in [-0.4, -0.2) is 28.7 Å². The lowest BCUT2D eigenvalue weighted by atomic mass is 10.1. The summed E-state index contributed by atoms with van der Waals surface area (Å²) in [6.45, 7) is 1.94. The molecule has 0 aliphatic rings. The van der Waals surface area contributed by atoms with Crippen molar-refractivity contribution in [2.45, 2.75) is 18.4 Å². The molecule has 0 unspecified atom stereocenters. The highest BCUT2D eigenvalue weighted by Gasteiger charge is 2.22. The minimum atomic E-state index is -3.65. The van der Waals surface area contributed by atoms with Crippen molar-refractivity contribution in [3.05, 3.63) is 70.9 Å². The van der Waals surface area contributed by atoms with Crippen LogP contribution in [0.25, 0.3) is 22.8 Å². The minimum Gasteiger partial charge on any atom is -0.338 e. The van der Waals surface area contributed by atoms with E-state index in [2.05, 4.69) is 20.3 Å². The van der Waals surface area contributed by atoms with Gasteiger partial charge in [0.2, 0.25) is 23.4 Å². The molecule has 0 aliphatic heterocycles. The summed E-state index contributed by atoms with van der Waals surface area (Å²) in [6.07, 6.45) is 0. The van der Waals surface area contributed by atoms with Crippen LogP contribution in [0.2, 0.25) is 5.02 Å². The molecule has 0 radical (unpaired) electrons. The van der Waals surface area contributed by atoms with E-state index in [-0.39, 0.29) is 17.6 Å². The fourth-order valence-electron chi connectivity index (χ4n) is 2.67. The van der Waals surface area contributed by atoms with Crippen LogP contribution < -0.4 is 0 Å². The van der Waals surface area contributed by atoms with E-state index in [0.29, 0.717) is 16.4 Å². The van der Waals surface area contributed by atoms with E-state index in [0.717, 1.165) is 11.1 Å². The van der Waals surface area contributed by atoms with Crippen LogP contribution in [0.4, 0.5) is 0 Å². The molecular weight excluding hydrogens is 416 g/mol. The smallest absolute Gasteiger partial charge is 0.242 e. The maximum absolute atomic E-state index is 12.5. The number of sulfone groups is 1. The highest BCUT2D eigenvalue weighted by molar-refractivity contribution is 7.89. The van der Waals surface area contributed by atoms with Crippen molar-refractivity contribution in [3.8, 4) is 22.8 Å². The first kappa shape index (κ1) is 19.3. The Hall–Kier alpha value is -3.04. The lowest BCUT2D eigenvalue weighted by Crippen LogP contribution is -2.08. The Morgan fingerprint density at radius 1 is 0.862 bits per heavy atom. The zero-order valence-electron chi connectivity index (χ0n) is 15.2. The standard InChI is InChI=1S/C19H15ClN4O4S/c1-12-3-2-4-14(9-12)19-22-17(28-24-19)11-29(25,26)10-16-21-18(23-27-16)13-5-7-15(20)8-6-13/h2-9H,10-11H2,1H3. The number of aromatic nitrogens is 4. The van der Waals surface area contributed by atoms with Gasteiger partial charge in [0.1, 0.15) is 11.5 Å². The van der Waals surface area contributed by atoms with Gasteiger partial charge in [-0.3, -0.25) is 0 Å². The number of rotatable bonds is 6. The average molecular weight is 431 g/mol. The summed E-state index contributed by atoms with van der Waals surface area (Å²) in [5.74, 6) is -0.263. The second-order valence-electron chi connectivity index (χ2n) is 6.43. The van der Waals surface area contributed by atoms with Gasteiger partial charge in [0.05, 0.1) is 0 Å². The van der Waals surface area contributed by atoms with Crippen molar-refractivity contribution in [1.29, 1.82) is 0 Å². The molecule has 0 amide bonds. The van der Waals surface area contributed by atoms with E-state index in [1.807, 2.05) is 31.2 Å². The molecule has 2 heterocycles. The molecule has 148 valence electrons. The molecule has 2 aromatic heterocycles. The minimum absolute atomic E-state index is 0.000976. The molecule has 0 bridgehead atoms. The van der Waals surface area contributed by atoms with Crippen molar-refractivity contribution in [3.63, 3.8) is 0 Å². The molecule has 0 aliphatic carbocycles. The normalized spacial score (nSPS) is 11.7. The van der Waals surface area contributed by atoms with Crippen LogP contribution in [0.15, 0.2) is 57.6 Å².